The van der Waals surface area contributed by atoms with Gasteiger partial charge in [-0.2, -0.15) is 0 Å². The second-order valence-electron chi connectivity index (χ2n) is 4.90. The Labute approximate surface area is 128 Å². The van der Waals surface area contributed by atoms with E-state index in [0.717, 1.165) is 17.1 Å². The number of esters is 1. The topological polar surface area (TPSA) is 48.7 Å². The fraction of sp³-hybridized carbons (Fsp3) is 0.167. The molecule has 1 aromatic carbocycles. The van der Waals surface area contributed by atoms with E-state index in [1.165, 1.54) is 0 Å². The minimum atomic E-state index is -0.377. The lowest BCUT2D eigenvalue weighted by atomic mass is 10.1. The predicted molar refractivity (Wildman–Crippen MR) is 83.1 cm³/mol. The number of carbonyl (C=O) groups is 1. The van der Waals surface area contributed by atoms with Crippen LogP contribution in [0.15, 0.2) is 52.5 Å². The summed E-state index contributed by atoms with van der Waals surface area (Å²) in [5.41, 5.74) is 1.30. The summed E-state index contributed by atoms with van der Waals surface area (Å²) >= 11 is 0. The fourth-order valence-electron chi connectivity index (χ4n) is 2.20. The lowest BCUT2D eigenvalue weighted by Gasteiger charge is -2.05. The molecule has 0 N–H and O–H groups in total. The van der Waals surface area contributed by atoms with Gasteiger partial charge in [-0.1, -0.05) is 0 Å². The van der Waals surface area contributed by atoms with Crippen LogP contribution in [0.5, 0.6) is 5.75 Å². The Morgan fingerprint density at radius 3 is 2.55 bits per heavy atom. The first-order valence-electron chi connectivity index (χ1n) is 7.11. The molecular weight excluding hydrogens is 280 g/mol. The summed E-state index contributed by atoms with van der Waals surface area (Å²) in [5, 5.41) is 0. The van der Waals surface area contributed by atoms with Gasteiger partial charge in [-0.25, -0.2) is 4.79 Å². The van der Waals surface area contributed by atoms with E-state index in [9.17, 15) is 4.79 Å². The summed E-state index contributed by atoms with van der Waals surface area (Å²) in [6, 6.07) is 11.1. The summed E-state index contributed by atoms with van der Waals surface area (Å²) in [7, 11) is 0. The Kier molecular flexibility index (Phi) is 3.83. The van der Waals surface area contributed by atoms with Gasteiger partial charge in [0, 0.05) is 5.56 Å². The van der Waals surface area contributed by atoms with Gasteiger partial charge in [0.1, 0.15) is 23.0 Å². The molecule has 1 aromatic heterocycles. The van der Waals surface area contributed by atoms with Gasteiger partial charge in [0.25, 0.3) is 0 Å². The first-order valence-corrected chi connectivity index (χ1v) is 7.11. The number of cyclic esters (lactones) is 1. The number of hydrogen-bond acceptors (Lipinski definition) is 4. The number of rotatable bonds is 4. The number of hydrogen-bond donors (Lipinski definition) is 0. The standard InChI is InChI=1S/C18H16O4/c1-3-20-15-8-5-13(6-9-15)17-11-14(18(19)22-17)10-16-7-4-12(2)21-16/h4-11H,3H2,1-2H3/b14-10-. The molecule has 0 unspecified atom stereocenters. The van der Waals surface area contributed by atoms with Crippen molar-refractivity contribution in [3.63, 3.8) is 0 Å². The van der Waals surface area contributed by atoms with Crippen molar-refractivity contribution in [2.45, 2.75) is 13.8 Å². The molecule has 0 fully saturated rings. The van der Waals surface area contributed by atoms with Crippen LogP contribution in [0.1, 0.15) is 24.0 Å². The maximum atomic E-state index is 11.9. The average molecular weight is 296 g/mol. The van der Waals surface area contributed by atoms with Crippen LogP contribution in [0.25, 0.3) is 11.8 Å². The molecule has 4 nitrogen and oxygen atoms in total. The molecule has 2 heterocycles. The quantitative estimate of drug-likeness (QED) is 0.633. The number of furan rings is 1. The molecular formula is C18H16O4. The van der Waals surface area contributed by atoms with Crippen LogP contribution < -0.4 is 4.74 Å². The highest BCUT2D eigenvalue weighted by atomic mass is 16.5. The molecule has 1 aliphatic rings. The average Bonchev–Trinajstić information content (AvgIpc) is 3.07. The van der Waals surface area contributed by atoms with Gasteiger partial charge >= 0.3 is 5.97 Å². The van der Waals surface area contributed by atoms with Crippen LogP contribution in [-0.4, -0.2) is 12.6 Å². The monoisotopic (exact) mass is 296 g/mol. The van der Waals surface area contributed by atoms with Crippen molar-refractivity contribution in [1.29, 1.82) is 0 Å². The van der Waals surface area contributed by atoms with Gasteiger partial charge in [-0.15, -0.1) is 0 Å². The zero-order valence-corrected chi connectivity index (χ0v) is 12.5. The third-order valence-electron chi connectivity index (χ3n) is 3.23. The van der Waals surface area contributed by atoms with Crippen LogP contribution in [0.4, 0.5) is 0 Å². The molecule has 0 saturated heterocycles. The molecule has 0 atom stereocenters. The van der Waals surface area contributed by atoms with Crippen LogP contribution in [0, 0.1) is 6.92 Å². The van der Waals surface area contributed by atoms with E-state index in [-0.39, 0.29) is 5.97 Å². The zero-order chi connectivity index (χ0) is 15.5. The van der Waals surface area contributed by atoms with Crippen LogP contribution in [-0.2, 0) is 9.53 Å². The van der Waals surface area contributed by atoms with Gasteiger partial charge in [0.05, 0.1) is 12.2 Å². The van der Waals surface area contributed by atoms with Crippen molar-refractivity contribution in [2.24, 2.45) is 0 Å². The molecule has 112 valence electrons. The number of ether oxygens (including phenoxy) is 2. The third kappa shape index (κ3) is 2.96. The Morgan fingerprint density at radius 1 is 1.14 bits per heavy atom. The van der Waals surface area contributed by atoms with E-state index >= 15 is 0 Å². The van der Waals surface area contributed by atoms with E-state index in [1.54, 1.807) is 12.2 Å². The largest absolute Gasteiger partial charge is 0.494 e. The Hall–Kier alpha value is -2.75. The van der Waals surface area contributed by atoms with Gasteiger partial charge in [-0.3, -0.25) is 0 Å². The van der Waals surface area contributed by atoms with E-state index in [1.807, 2.05) is 50.2 Å². The molecule has 0 aliphatic carbocycles. The molecule has 3 rings (SSSR count). The third-order valence-corrected chi connectivity index (χ3v) is 3.23. The molecule has 4 heteroatoms. The fourth-order valence-corrected chi connectivity index (χ4v) is 2.20. The number of carbonyl (C=O) groups excluding carboxylic acids is 1. The van der Waals surface area contributed by atoms with Gasteiger partial charge in [-0.05, 0) is 62.4 Å². The van der Waals surface area contributed by atoms with Crippen LogP contribution in [0.2, 0.25) is 0 Å². The summed E-state index contributed by atoms with van der Waals surface area (Å²) in [6.45, 7) is 4.41. The lowest BCUT2D eigenvalue weighted by Crippen LogP contribution is -1.97. The maximum Gasteiger partial charge on any atom is 0.343 e. The molecule has 0 saturated carbocycles. The minimum Gasteiger partial charge on any atom is -0.494 e. The first kappa shape index (κ1) is 14.2. The second-order valence-corrected chi connectivity index (χ2v) is 4.90. The Balaban J connectivity index is 1.84. The first-order chi connectivity index (χ1) is 10.7. The van der Waals surface area contributed by atoms with Crippen molar-refractivity contribution in [2.75, 3.05) is 6.61 Å². The number of benzene rings is 1. The SMILES string of the molecule is CCOc1ccc(C2=C/C(=C/c3ccc(C)o3)C(=O)O2)cc1. The molecule has 0 radical (unpaired) electrons. The van der Waals surface area contributed by atoms with Crippen molar-refractivity contribution < 1.29 is 18.7 Å². The summed E-state index contributed by atoms with van der Waals surface area (Å²) in [4.78, 5) is 11.9. The maximum absolute atomic E-state index is 11.9. The normalized spacial score (nSPS) is 15.8. The van der Waals surface area contributed by atoms with Crippen molar-refractivity contribution in [3.05, 3.63) is 65.1 Å². The second kappa shape index (κ2) is 5.93. The predicted octanol–water partition coefficient (Wildman–Crippen LogP) is 3.97. The summed E-state index contributed by atoms with van der Waals surface area (Å²) in [5.74, 6) is 2.38. The molecule has 0 bridgehead atoms. The van der Waals surface area contributed by atoms with E-state index in [2.05, 4.69) is 0 Å². The summed E-state index contributed by atoms with van der Waals surface area (Å²) in [6.07, 6.45) is 3.40. The highest BCUT2D eigenvalue weighted by Crippen LogP contribution is 2.28. The van der Waals surface area contributed by atoms with Gasteiger partial charge in [0.2, 0.25) is 0 Å². The van der Waals surface area contributed by atoms with E-state index in [4.69, 9.17) is 13.9 Å². The molecule has 0 amide bonds. The number of aryl methyl sites for hydroxylation is 1. The Bertz CT molecular complexity index is 748. The highest BCUT2D eigenvalue weighted by molar-refractivity contribution is 6.04. The van der Waals surface area contributed by atoms with Crippen LogP contribution >= 0.6 is 0 Å². The highest BCUT2D eigenvalue weighted by Gasteiger charge is 2.22. The van der Waals surface area contributed by atoms with Crippen LogP contribution in [0.3, 0.4) is 0 Å². The molecule has 2 aromatic rings. The smallest absolute Gasteiger partial charge is 0.343 e. The Morgan fingerprint density at radius 2 is 1.91 bits per heavy atom. The van der Waals surface area contributed by atoms with E-state index in [0.29, 0.717) is 23.7 Å². The van der Waals surface area contributed by atoms with Gasteiger partial charge < -0.3 is 13.9 Å². The van der Waals surface area contributed by atoms with E-state index < -0.39 is 0 Å². The molecule has 0 spiro atoms. The van der Waals surface area contributed by atoms with Crippen molar-refractivity contribution in [1.82, 2.24) is 0 Å². The lowest BCUT2D eigenvalue weighted by molar-refractivity contribution is -0.130. The molecule has 22 heavy (non-hydrogen) atoms. The summed E-state index contributed by atoms with van der Waals surface area (Å²) < 4.78 is 16.2. The zero-order valence-electron chi connectivity index (χ0n) is 12.5. The minimum absolute atomic E-state index is 0.377. The van der Waals surface area contributed by atoms with Crippen molar-refractivity contribution >= 4 is 17.8 Å². The van der Waals surface area contributed by atoms with Gasteiger partial charge in [0.15, 0.2) is 0 Å². The molecule has 1 aliphatic heterocycles. The van der Waals surface area contributed by atoms with Crippen molar-refractivity contribution in [3.8, 4) is 5.75 Å².